The molecule has 0 bridgehead atoms. The quantitative estimate of drug-likeness (QED) is 0.829. The Bertz CT molecular complexity index is 530. The van der Waals surface area contributed by atoms with Crippen molar-refractivity contribution in [2.45, 2.75) is 38.0 Å². The molecule has 0 aromatic heterocycles. The van der Waals surface area contributed by atoms with Gasteiger partial charge < -0.3 is 10.5 Å². The van der Waals surface area contributed by atoms with Crippen LogP contribution in [0.1, 0.15) is 36.8 Å². The van der Waals surface area contributed by atoms with Crippen molar-refractivity contribution in [3.05, 3.63) is 29.3 Å². The molecule has 0 unspecified atom stereocenters. The number of anilines is 1. The second kappa shape index (κ2) is 5.08. The molecule has 2 nitrogen and oxygen atoms in total. The Morgan fingerprint density at radius 2 is 2.00 bits per heavy atom. The third-order valence-electron chi connectivity index (χ3n) is 4.14. The second-order valence-corrected chi connectivity index (χ2v) is 5.75. The highest BCUT2D eigenvalue weighted by molar-refractivity contribution is 5.66. The summed E-state index contributed by atoms with van der Waals surface area (Å²) in [6, 6.07) is 3.83. The molecule has 1 saturated carbocycles. The number of ether oxygens (including phenoxy) is 1. The Morgan fingerprint density at radius 3 is 2.75 bits per heavy atom. The van der Waals surface area contributed by atoms with Crippen LogP contribution in [0.2, 0.25) is 0 Å². The first-order valence-corrected chi connectivity index (χ1v) is 7.15. The number of benzene rings is 1. The maximum Gasteiger partial charge on any atom is 0.248 e. The predicted octanol–water partition coefficient (Wildman–Crippen LogP) is 4.04. The predicted molar refractivity (Wildman–Crippen MR) is 76.0 cm³/mol. The van der Waals surface area contributed by atoms with Crippen molar-refractivity contribution in [3.63, 3.8) is 0 Å². The van der Waals surface area contributed by atoms with Gasteiger partial charge in [0.05, 0.1) is 6.61 Å². The summed E-state index contributed by atoms with van der Waals surface area (Å²) in [5.74, 6) is -1.34. The van der Waals surface area contributed by atoms with Gasteiger partial charge in [-0.2, -0.15) is 0 Å². The molecule has 1 aliphatic carbocycles. The van der Waals surface area contributed by atoms with E-state index in [1.54, 1.807) is 0 Å². The first kappa shape index (κ1) is 13.4. The lowest BCUT2D eigenvalue weighted by molar-refractivity contribution is -0.0410. The summed E-state index contributed by atoms with van der Waals surface area (Å²) in [4.78, 5) is 0. The summed E-state index contributed by atoms with van der Waals surface area (Å²) in [5, 5.41) is 0. The monoisotopic (exact) mass is 279 g/mol. The Morgan fingerprint density at radius 1 is 1.25 bits per heavy atom. The molecule has 0 radical (unpaired) electrons. The van der Waals surface area contributed by atoms with Crippen molar-refractivity contribution in [1.82, 2.24) is 0 Å². The van der Waals surface area contributed by atoms with Gasteiger partial charge in [0.15, 0.2) is 0 Å². The lowest BCUT2D eigenvalue weighted by Gasteiger charge is -2.26. The number of halogens is 2. The number of fused-ring (bicyclic) bond motifs is 1. The Kier molecular flexibility index (Phi) is 3.40. The second-order valence-electron chi connectivity index (χ2n) is 5.75. The molecule has 3 rings (SSSR count). The zero-order chi connectivity index (χ0) is 14.2. The first-order valence-electron chi connectivity index (χ1n) is 7.15. The lowest BCUT2D eigenvalue weighted by atomic mass is 9.86. The standard InChI is InChI=1S/C16H19F2NO/c17-16(18)6-3-11(4-7-16)1-2-12-9-14(19)10-13-5-8-20-15(12)13/h1-2,9-11H,3-8,19H2/b2-1+. The van der Waals surface area contributed by atoms with Crippen molar-refractivity contribution >= 4 is 11.8 Å². The molecule has 1 aliphatic heterocycles. The Hall–Kier alpha value is -1.58. The molecule has 1 fully saturated rings. The molecule has 2 N–H and O–H groups in total. The van der Waals surface area contributed by atoms with Gasteiger partial charge in [0.25, 0.3) is 0 Å². The summed E-state index contributed by atoms with van der Waals surface area (Å²) in [6.07, 6.45) is 5.99. The minimum atomic E-state index is -2.47. The fourth-order valence-electron chi connectivity index (χ4n) is 2.98. The van der Waals surface area contributed by atoms with Crippen molar-refractivity contribution in [1.29, 1.82) is 0 Å². The van der Waals surface area contributed by atoms with Gasteiger partial charge in [0, 0.05) is 36.1 Å². The molecule has 0 saturated heterocycles. The van der Waals surface area contributed by atoms with E-state index in [0.717, 1.165) is 29.0 Å². The van der Waals surface area contributed by atoms with Crippen LogP contribution in [0.15, 0.2) is 18.2 Å². The van der Waals surface area contributed by atoms with Crippen molar-refractivity contribution in [3.8, 4) is 5.75 Å². The fraction of sp³-hybridized carbons (Fsp3) is 0.500. The van der Waals surface area contributed by atoms with Crippen LogP contribution < -0.4 is 10.5 Å². The van der Waals surface area contributed by atoms with Crippen LogP contribution in [0.3, 0.4) is 0 Å². The topological polar surface area (TPSA) is 35.2 Å². The number of hydrogen-bond donors (Lipinski definition) is 1. The van der Waals surface area contributed by atoms with Crippen LogP contribution in [-0.2, 0) is 6.42 Å². The molecule has 1 heterocycles. The highest BCUT2D eigenvalue weighted by Gasteiger charge is 2.33. The molecule has 4 heteroatoms. The molecular weight excluding hydrogens is 260 g/mol. The summed E-state index contributed by atoms with van der Waals surface area (Å²) < 4.78 is 31.9. The first-order chi connectivity index (χ1) is 9.53. The average molecular weight is 279 g/mol. The maximum absolute atomic E-state index is 13.1. The van der Waals surface area contributed by atoms with Crippen LogP contribution in [0.25, 0.3) is 6.08 Å². The highest BCUT2D eigenvalue weighted by Crippen LogP contribution is 2.38. The molecular formula is C16H19F2NO. The Labute approximate surface area is 117 Å². The third-order valence-corrected chi connectivity index (χ3v) is 4.14. The number of allylic oxidation sites excluding steroid dienone is 1. The van der Waals surface area contributed by atoms with E-state index in [1.165, 1.54) is 0 Å². The van der Waals surface area contributed by atoms with Gasteiger partial charge in [-0.3, -0.25) is 0 Å². The van der Waals surface area contributed by atoms with Crippen molar-refractivity contribution in [2.24, 2.45) is 5.92 Å². The minimum Gasteiger partial charge on any atom is -0.492 e. The van der Waals surface area contributed by atoms with Crippen LogP contribution >= 0.6 is 0 Å². The number of alkyl halides is 2. The Balaban J connectivity index is 1.74. The number of hydrogen-bond acceptors (Lipinski definition) is 2. The van der Waals surface area contributed by atoms with E-state index in [0.29, 0.717) is 19.4 Å². The summed E-state index contributed by atoms with van der Waals surface area (Å²) in [5.41, 5.74) is 8.72. The zero-order valence-electron chi connectivity index (χ0n) is 11.4. The number of rotatable bonds is 2. The number of nitrogens with two attached hydrogens (primary N) is 1. The van der Waals surface area contributed by atoms with E-state index >= 15 is 0 Å². The van der Waals surface area contributed by atoms with Crippen molar-refractivity contribution < 1.29 is 13.5 Å². The van der Waals surface area contributed by atoms with Crippen LogP contribution in [0.4, 0.5) is 14.5 Å². The number of nitrogen functional groups attached to an aromatic ring is 1. The third kappa shape index (κ3) is 2.79. The minimum absolute atomic E-state index is 0.00641. The molecule has 1 aromatic carbocycles. The van der Waals surface area contributed by atoms with Gasteiger partial charge in [-0.05, 0) is 30.9 Å². The van der Waals surface area contributed by atoms with E-state index in [4.69, 9.17) is 10.5 Å². The fourth-order valence-corrected chi connectivity index (χ4v) is 2.98. The van der Waals surface area contributed by atoms with E-state index in [1.807, 2.05) is 24.3 Å². The maximum atomic E-state index is 13.1. The average Bonchev–Trinajstić information content (AvgIpc) is 2.85. The van der Waals surface area contributed by atoms with Crippen LogP contribution in [0, 0.1) is 5.92 Å². The summed E-state index contributed by atoms with van der Waals surface area (Å²) in [6.45, 7) is 0.690. The van der Waals surface area contributed by atoms with Crippen LogP contribution in [0.5, 0.6) is 5.75 Å². The van der Waals surface area contributed by atoms with E-state index in [-0.39, 0.29) is 18.8 Å². The van der Waals surface area contributed by atoms with Gasteiger partial charge in [-0.1, -0.05) is 12.2 Å². The van der Waals surface area contributed by atoms with E-state index < -0.39 is 5.92 Å². The van der Waals surface area contributed by atoms with Gasteiger partial charge in [-0.25, -0.2) is 8.78 Å². The summed E-state index contributed by atoms with van der Waals surface area (Å²) in [7, 11) is 0. The molecule has 0 atom stereocenters. The normalized spacial score (nSPS) is 21.9. The van der Waals surface area contributed by atoms with Gasteiger partial charge >= 0.3 is 0 Å². The molecule has 0 spiro atoms. The van der Waals surface area contributed by atoms with E-state index in [9.17, 15) is 8.78 Å². The molecule has 108 valence electrons. The van der Waals surface area contributed by atoms with E-state index in [2.05, 4.69) is 0 Å². The highest BCUT2D eigenvalue weighted by atomic mass is 19.3. The van der Waals surface area contributed by atoms with Crippen molar-refractivity contribution in [2.75, 3.05) is 12.3 Å². The molecule has 2 aliphatic rings. The largest absolute Gasteiger partial charge is 0.492 e. The molecule has 0 amide bonds. The SMILES string of the molecule is Nc1cc(/C=C/C2CCC(F)(F)CC2)c2c(c1)CCO2. The van der Waals surface area contributed by atoms with Gasteiger partial charge in [0.1, 0.15) is 5.75 Å². The van der Waals surface area contributed by atoms with Gasteiger partial charge in [-0.15, -0.1) is 0 Å². The molecule has 20 heavy (non-hydrogen) atoms. The zero-order valence-corrected chi connectivity index (χ0v) is 11.4. The smallest absolute Gasteiger partial charge is 0.248 e. The van der Waals surface area contributed by atoms with Crippen LogP contribution in [-0.4, -0.2) is 12.5 Å². The molecule has 1 aromatic rings. The van der Waals surface area contributed by atoms with Gasteiger partial charge in [0.2, 0.25) is 5.92 Å². The lowest BCUT2D eigenvalue weighted by Crippen LogP contribution is -2.23. The summed E-state index contributed by atoms with van der Waals surface area (Å²) >= 11 is 0.